The molecule has 0 aliphatic heterocycles. The summed E-state index contributed by atoms with van der Waals surface area (Å²) in [6, 6.07) is 34.5. The Labute approximate surface area is 205 Å². The van der Waals surface area contributed by atoms with Crippen LogP contribution in [0, 0.1) is 0 Å². The summed E-state index contributed by atoms with van der Waals surface area (Å²) in [5.74, 6) is 0.939. The molecule has 0 bridgehead atoms. The summed E-state index contributed by atoms with van der Waals surface area (Å²) < 4.78 is 11.6. The smallest absolute Gasteiger partial charge is 0.188 e. The average Bonchev–Trinajstić information content (AvgIpc) is 2.85. The van der Waals surface area contributed by atoms with Gasteiger partial charge < -0.3 is 14.4 Å². The molecule has 1 unspecified atom stereocenters. The largest absolute Gasteiger partial charge is 0.467 e. The zero-order chi connectivity index (χ0) is 23.8. The number of nitrogens with zero attached hydrogens (tertiary/aromatic N) is 1. The van der Waals surface area contributed by atoms with Crippen LogP contribution in [-0.2, 0) is 17.6 Å². The van der Waals surface area contributed by atoms with Crippen molar-refractivity contribution in [3.05, 3.63) is 119 Å². The summed E-state index contributed by atoms with van der Waals surface area (Å²) in [6.45, 7) is 0.229. The SMILES string of the molecule is COCOc1c(Cc2ccccc2)cc(Cc2ccccc2)cc1Pc1ccccc1N(C)C. The molecule has 0 aromatic heterocycles. The van der Waals surface area contributed by atoms with Crippen LogP contribution in [0.4, 0.5) is 5.69 Å². The van der Waals surface area contributed by atoms with Gasteiger partial charge >= 0.3 is 0 Å². The molecule has 0 aliphatic carbocycles. The molecule has 0 radical (unpaired) electrons. The van der Waals surface area contributed by atoms with E-state index < -0.39 is 0 Å². The molecular formula is C30H32NO2P. The number of methoxy groups -OCH3 is 1. The Balaban J connectivity index is 1.80. The maximum atomic E-state index is 6.24. The van der Waals surface area contributed by atoms with Gasteiger partial charge in [0.25, 0.3) is 0 Å². The first-order chi connectivity index (χ1) is 16.6. The number of ether oxygens (including phenoxy) is 2. The molecule has 4 aromatic rings. The van der Waals surface area contributed by atoms with Gasteiger partial charge in [0.1, 0.15) is 5.75 Å². The number of para-hydroxylation sites is 1. The van der Waals surface area contributed by atoms with Crippen molar-refractivity contribution in [3.8, 4) is 5.75 Å². The van der Waals surface area contributed by atoms with Gasteiger partial charge in [0, 0.05) is 43.9 Å². The van der Waals surface area contributed by atoms with Gasteiger partial charge in [-0.1, -0.05) is 93.5 Å². The van der Waals surface area contributed by atoms with Crippen molar-refractivity contribution in [2.75, 3.05) is 32.9 Å². The van der Waals surface area contributed by atoms with Crippen LogP contribution in [0.15, 0.2) is 97.1 Å². The molecule has 0 saturated carbocycles. The highest BCUT2D eigenvalue weighted by molar-refractivity contribution is 7.56. The van der Waals surface area contributed by atoms with E-state index in [0.717, 1.165) is 18.6 Å². The van der Waals surface area contributed by atoms with Crippen LogP contribution in [-0.4, -0.2) is 28.0 Å². The Kier molecular flexibility index (Phi) is 8.36. The minimum absolute atomic E-state index is 0.229. The normalized spacial score (nSPS) is 11.1. The van der Waals surface area contributed by atoms with Crippen LogP contribution in [0.1, 0.15) is 22.3 Å². The Morgan fingerprint density at radius 2 is 1.29 bits per heavy atom. The van der Waals surface area contributed by atoms with E-state index >= 15 is 0 Å². The summed E-state index contributed by atoms with van der Waals surface area (Å²) in [5.41, 5.74) is 6.30. The fraction of sp³-hybridized carbons (Fsp3) is 0.200. The topological polar surface area (TPSA) is 21.7 Å². The van der Waals surface area contributed by atoms with Crippen LogP contribution in [0.25, 0.3) is 0 Å². The molecule has 0 aliphatic rings. The molecule has 34 heavy (non-hydrogen) atoms. The minimum atomic E-state index is 0.229. The highest BCUT2D eigenvalue weighted by Gasteiger charge is 2.16. The molecule has 0 spiro atoms. The van der Waals surface area contributed by atoms with Crippen molar-refractivity contribution in [1.29, 1.82) is 0 Å². The molecule has 0 amide bonds. The van der Waals surface area contributed by atoms with Crippen LogP contribution >= 0.6 is 8.58 Å². The van der Waals surface area contributed by atoms with Gasteiger partial charge in [0.05, 0.1) is 0 Å². The molecule has 4 heteroatoms. The van der Waals surface area contributed by atoms with Gasteiger partial charge in [-0.3, -0.25) is 0 Å². The lowest BCUT2D eigenvalue weighted by molar-refractivity contribution is 0.0513. The number of hydrogen-bond acceptors (Lipinski definition) is 3. The zero-order valence-corrected chi connectivity index (χ0v) is 21.1. The standard InChI is InChI=1S/C30H32NO2P/c1-31(2)27-16-10-11-17-28(27)34-29-21-25(18-23-12-6-4-7-13-23)20-26(30(29)33-22-32-3)19-24-14-8-5-9-15-24/h4-17,20-21,34H,18-19,22H2,1-3H3. The second-order valence-electron chi connectivity index (χ2n) is 8.54. The number of benzene rings is 4. The predicted molar refractivity (Wildman–Crippen MR) is 146 cm³/mol. The zero-order valence-electron chi connectivity index (χ0n) is 20.1. The molecule has 0 saturated heterocycles. The van der Waals surface area contributed by atoms with Gasteiger partial charge in [-0.2, -0.15) is 0 Å². The van der Waals surface area contributed by atoms with Crippen molar-refractivity contribution in [2.45, 2.75) is 12.8 Å². The second kappa shape index (κ2) is 11.8. The van der Waals surface area contributed by atoms with Crippen LogP contribution in [0.2, 0.25) is 0 Å². The monoisotopic (exact) mass is 469 g/mol. The second-order valence-corrected chi connectivity index (χ2v) is 9.87. The maximum absolute atomic E-state index is 6.24. The van der Waals surface area contributed by atoms with Crippen molar-refractivity contribution in [1.82, 2.24) is 0 Å². The summed E-state index contributed by atoms with van der Waals surface area (Å²) in [7, 11) is 6.33. The van der Waals surface area contributed by atoms with Crippen molar-refractivity contribution in [2.24, 2.45) is 0 Å². The lowest BCUT2D eigenvalue weighted by atomic mass is 9.98. The van der Waals surface area contributed by atoms with Crippen molar-refractivity contribution in [3.63, 3.8) is 0 Å². The molecule has 1 atom stereocenters. The van der Waals surface area contributed by atoms with E-state index in [9.17, 15) is 0 Å². The maximum Gasteiger partial charge on any atom is 0.188 e. The average molecular weight is 470 g/mol. The first-order valence-corrected chi connectivity index (χ1v) is 12.5. The number of hydrogen-bond donors (Lipinski definition) is 0. The summed E-state index contributed by atoms with van der Waals surface area (Å²) >= 11 is 0. The third-order valence-corrected chi connectivity index (χ3v) is 7.02. The van der Waals surface area contributed by atoms with E-state index in [4.69, 9.17) is 9.47 Å². The molecule has 3 nitrogen and oxygen atoms in total. The minimum Gasteiger partial charge on any atom is -0.467 e. The first-order valence-electron chi connectivity index (χ1n) is 11.5. The van der Waals surface area contributed by atoms with Gasteiger partial charge in [-0.15, -0.1) is 0 Å². The van der Waals surface area contributed by atoms with E-state index in [-0.39, 0.29) is 6.79 Å². The summed E-state index contributed by atoms with van der Waals surface area (Å²) in [5, 5.41) is 2.52. The van der Waals surface area contributed by atoms with E-state index in [1.807, 2.05) is 0 Å². The Bertz CT molecular complexity index is 1190. The van der Waals surface area contributed by atoms with E-state index in [2.05, 4.69) is 116 Å². The Morgan fingerprint density at radius 1 is 0.676 bits per heavy atom. The van der Waals surface area contributed by atoms with Gasteiger partial charge in [-0.25, -0.2) is 0 Å². The molecule has 0 N–H and O–H groups in total. The molecule has 4 rings (SSSR count). The van der Waals surface area contributed by atoms with E-state index in [1.165, 1.54) is 38.6 Å². The van der Waals surface area contributed by atoms with Gasteiger partial charge in [-0.05, 0) is 40.8 Å². The van der Waals surface area contributed by atoms with Gasteiger partial charge in [0.15, 0.2) is 6.79 Å². The lowest BCUT2D eigenvalue weighted by Crippen LogP contribution is -2.19. The quantitative estimate of drug-likeness (QED) is 0.225. The lowest BCUT2D eigenvalue weighted by Gasteiger charge is -2.21. The number of anilines is 1. The third kappa shape index (κ3) is 6.26. The van der Waals surface area contributed by atoms with Crippen molar-refractivity contribution < 1.29 is 9.47 Å². The molecule has 174 valence electrons. The molecule has 0 heterocycles. The molecule has 0 fully saturated rings. The van der Waals surface area contributed by atoms with Crippen molar-refractivity contribution >= 4 is 24.9 Å². The van der Waals surface area contributed by atoms with E-state index in [0.29, 0.717) is 8.58 Å². The highest BCUT2D eigenvalue weighted by Crippen LogP contribution is 2.30. The summed E-state index contributed by atoms with van der Waals surface area (Å²) in [4.78, 5) is 2.18. The number of rotatable bonds is 10. The highest BCUT2D eigenvalue weighted by atomic mass is 31.1. The van der Waals surface area contributed by atoms with Crippen LogP contribution in [0.3, 0.4) is 0 Å². The Hall–Kier alpha value is -3.13. The fourth-order valence-corrected chi connectivity index (χ4v) is 5.64. The molecule has 4 aromatic carbocycles. The van der Waals surface area contributed by atoms with E-state index in [1.54, 1.807) is 7.11 Å². The van der Waals surface area contributed by atoms with Crippen LogP contribution in [0.5, 0.6) is 5.75 Å². The van der Waals surface area contributed by atoms with Gasteiger partial charge in [0.2, 0.25) is 0 Å². The summed E-state index contributed by atoms with van der Waals surface area (Å²) in [6.07, 6.45) is 1.70. The fourth-order valence-electron chi connectivity index (χ4n) is 4.13. The predicted octanol–water partition coefficient (Wildman–Crippen LogP) is 5.55. The van der Waals surface area contributed by atoms with Crippen LogP contribution < -0.4 is 20.2 Å². The third-order valence-electron chi connectivity index (χ3n) is 5.69. The Morgan fingerprint density at radius 3 is 1.94 bits per heavy atom. The molecular weight excluding hydrogens is 437 g/mol. The first kappa shape index (κ1) is 24.0.